The van der Waals surface area contributed by atoms with Crippen LogP contribution in [0.5, 0.6) is 0 Å². The number of nitrogens with one attached hydrogen (secondary N) is 2. The van der Waals surface area contributed by atoms with Gasteiger partial charge in [0.25, 0.3) is 0 Å². The van der Waals surface area contributed by atoms with Crippen LogP contribution in [0.2, 0.25) is 0 Å². The highest BCUT2D eigenvalue weighted by molar-refractivity contribution is 5.56. The Labute approximate surface area is 82.0 Å². The van der Waals surface area contributed by atoms with Crippen molar-refractivity contribution in [2.45, 2.75) is 13.0 Å². The lowest BCUT2D eigenvalue weighted by molar-refractivity contribution is 0.627. The van der Waals surface area contributed by atoms with Crippen molar-refractivity contribution in [3.05, 3.63) is 24.5 Å². The molecule has 2 aromatic heterocycles. The second-order valence-corrected chi connectivity index (χ2v) is 3.51. The van der Waals surface area contributed by atoms with Crippen molar-refractivity contribution in [2.24, 2.45) is 0 Å². The van der Waals surface area contributed by atoms with Gasteiger partial charge in [-0.05, 0) is 18.6 Å². The first kappa shape index (κ1) is 7.67. The Hall–Kier alpha value is -1.71. The molecule has 0 fully saturated rings. The van der Waals surface area contributed by atoms with Crippen LogP contribution in [-0.4, -0.2) is 21.1 Å². The van der Waals surface area contributed by atoms with E-state index in [4.69, 9.17) is 0 Å². The van der Waals surface area contributed by atoms with Crippen LogP contribution in [0.15, 0.2) is 24.5 Å². The third kappa shape index (κ3) is 1.11. The molecule has 14 heavy (non-hydrogen) atoms. The maximum Gasteiger partial charge on any atom is 0.203 e. The molecule has 0 atom stereocenters. The standard InChI is InChI=1S/C10H12N4/c1-3-8(11-4-1)9-7-14-6-2-5-12-10(14)13-9/h1,3-4,7,11H,2,5-6H2,(H,12,13). The van der Waals surface area contributed by atoms with E-state index in [1.807, 2.05) is 18.3 Å². The fourth-order valence-corrected chi connectivity index (χ4v) is 1.80. The monoisotopic (exact) mass is 188 g/mol. The van der Waals surface area contributed by atoms with Gasteiger partial charge < -0.3 is 14.9 Å². The molecule has 4 nitrogen and oxygen atoms in total. The van der Waals surface area contributed by atoms with Crippen molar-refractivity contribution in [3.8, 4) is 11.4 Å². The molecule has 0 spiro atoms. The maximum atomic E-state index is 4.51. The molecular formula is C10H12N4. The number of hydrogen-bond acceptors (Lipinski definition) is 2. The van der Waals surface area contributed by atoms with Gasteiger partial charge in [-0.2, -0.15) is 0 Å². The Balaban J connectivity index is 2.04. The number of imidazole rings is 1. The Kier molecular flexibility index (Phi) is 1.59. The van der Waals surface area contributed by atoms with Crippen LogP contribution >= 0.6 is 0 Å². The second-order valence-electron chi connectivity index (χ2n) is 3.51. The highest BCUT2D eigenvalue weighted by Crippen LogP contribution is 2.21. The third-order valence-electron chi connectivity index (χ3n) is 2.51. The van der Waals surface area contributed by atoms with E-state index in [1.54, 1.807) is 0 Å². The average Bonchev–Trinajstić information content (AvgIpc) is 2.86. The van der Waals surface area contributed by atoms with Crippen LogP contribution in [0.3, 0.4) is 0 Å². The molecule has 0 aromatic carbocycles. The van der Waals surface area contributed by atoms with Gasteiger partial charge in [-0.1, -0.05) is 0 Å². The van der Waals surface area contributed by atoms with Crippen molar-refractivity contribution in [1.82, 2.24) is 14.5 Å². The number of aromatic amines is 1. The molecular weight excluding hydrogens is 176 g/mol. The molecule has 0 saturated heterocycles. The molecule has 0 amide bonds. The number of rotatable bonds is 1. The normalized spacial score (nSPS) is 14.9. The van der Waals surface area contributed by atoms with Gasteiger partial charge in [0, 0.05) is 25.5 Å². The Morgan fingerprint density at radius 1 is 1.43 bits per heavy atom. The molecule has 0 saturated carbocycles. The summed E-state index contributed by atoms with van der Waals surface area (Å²) in [7, 11) is 0. The van der Waals surface area contributed by atoms with E-state index in [0.29, 0.717) is 0 Å². The number of H-pyrrole nitrogens is 1. The number of nitrogens with zero attached hydrogens (tertiary/aromatic N) is 2. The predicted molar refractivity (Wildman–Crippen MR) is 55.1 cm³/mol. The SMILES string of the molecule is c1c[nH]c(-c2cn3c(n2)NCCC3)c1. The molecule has 4 heteroatoms. The number of anilines is 1. The van der Waals surface area contributed by atoms with Gasteiger partial charge in [0.1, 0.15) is 5.69 Å². The summed E-state index contributed by atoms with van der Waals surface area (Å²) < 4.78 is 2.17. The summed E-state index contributed by atoms with van der Waals surface area (Å²) in [6.07, 6.45) is 5.18. The van der Waals surface area contributed by atoms with Crippen LogP contribution < -0.4 is 5.32 Å². The van der Waals surface area contributed by atoms with Gasteiger partial charge in [-0.3, -0.25) is 0 Å². The van der Waals surface area contributed by atoms with Crippen molar-refractivity contribution in [3.63, 3.8) is 0 Å². The first-order valence-corrected chi connectivity index (χ1v) is 4.88. The van der Waals surface area contributed by atoms with E-state index >= 15 is 0 Å². The quantitative estimate of drug-likeness (QED) is 0.715. The van der Waals surface area contributed by atoms with E-state index in [2.05, 4.69) is 26.0 Å². The second kappa shape index (κ2) is 2.90. The summed E-state index contributed by atoms with van der Waals surface area (Å²) in [5.41, 5.74) is 2.09. The molecule has 0 aliphatic carbocycles. The van der Waals surface area contributed by atoms with Crippen LogP contribution in [-0.2, 0) is 6.54 Å². The number of hydrogen-bond donors (Lipinski definition) is 2. The smallest absolute Gasteiger partial charge is 0.203 e. The lowest BCUT2D eigenvalue weighted by atomic mass is 10.3. The van der Waals surface area contributed by atoms with Gasteiger partial charge in [-0.25, -0.2) is 4.98 Å². The van der Waals surface area contributed by atoms with E-state index < -0.39 is 0 Å². The lowest BCUT2D eigenvalue weighted by Crippen LogP contribution is -2.16. The molecule has 2 N–H and O–H groups in total. The van der Waals surface area contributed by atoms with Gasteiger partial charge in [0.2, 0.25) is 5.95 Å². The first-order valence-electron chi connectivity index (χ1n) is 4.88. The number of aromatic nitrogens is 3. The number of aryl methyl sites for hydroxylation is 1. The molecule has 1 aliphatic rings. The third-order valence-corrected chi connectivity index (χ3v) is 2.51. The summed E-state index contributed by atoms with van der Waals surface area (Å²) in [6, 6.07) is 4.02. The van der Waals surface area contributed by atoms with E-state index in [9.17, 15) is 0 Å². The van der Waals surface area contributed by atoms with E-state index in [0.717, 1.165) is 30.4 Å². The fourth-order valence-electron chi connectivity index (χ4n) is 1.80. The zero-order valence-electron chi connectivity index (χ0n) is 7.83. The van der Waals surface area contributed by atoms with Crippen molar-refractivity contribution in [1.29, 1.82) is 0 Å². The number of fused-ring (bicyclic) bond motifs is 1. The summed E-state index contributed by atoms with van der Waals surface area (Å²) in [5.74, 6) is 0.987. The van der Waals surface area contributed by atoms with Crippen LogP contribution in [0.4, 0.5) is 5.95 Å². The van der Waals surface area contributed by atoms with Gasteiger partial charge in [0.15, 0.2) is 0 Å². The minimum absolute atomic E-state index is 0.987. The summed E-state index contributed by atoms with van der Waals surface area (Å²) in [4.78, 5) is 7.67. The van der Waals surface area contributed by atoms with Crippen molar-refractivity contribution in [2.75, 3.05) is 11.9 Å². The van der Waals surface area contributed by atoms with Crippen LogP contribution in [0.25, 0.3) is 11.4 Å². The van der Waals surface area contributed by atoms with E-state index in [-0.39, 0.29) is 0 Å². The highest BCUT2D eigenvalue weighted by atomic mass is 15.2. The van der Waals surface area contributed by atoms with Crippen molar-refractivity contribution < 1.29 is 0 Å². The predicted octanol–water partition coefficient (Wildman–Crippen LogP) is 1.69. The van der Waals surface area contributed by atoms with E-state index in [1.165, 1.54) is 6.42 Å². The Bertz CT molecular complexity index is 403. The Morgan fingerprint density at radius 2 is 2.43 bits per heavy atom. The summed E-state index contributed by atoms with van der Waals surface area (Å²) in [5, 5.41) is 3.28. The van der Waals surface area contributed by atoms with Gasteiger partial charge >= 0.3 is 0 Å². The topological polar surface area (TPSA) is 45.6 Å². The maximum absolute atomic E-state index is 4.51. The van der Waals surface area contributed by atoms with Gasteiger partial charge in [0.05, 0.1) is 5.69 Å². The minimum Gasteiger partial charge on any atom is -0.360 e. The van der Waals surface area contributed by atoms with Crippen LogP contribution in [0, 0.1) is 0 Å². The zero-order valence-corrected chi connectivity index (χ0v) is 7.83. The first-order chi connectivity index (χ1) is 6.93. The fraction of sp³-hybridized carbons (Fsp3) is 0.300. The molecule has 72 valence electrons. The van der Waals surface area contributed by atoms with Crippen molar-refractivity contribution >= 4 is 5.95 Å². The Morgan fingerprint density at radius 3 is 3.21 bits per heavy atom. The van der Waals surface area contributed by atoms with Gasteiger partial charge in [-0.15, -0.1) is 0 Å². The molecule has 0 bridgehead atoms. The zero-order chi connectivity index (χ0) is 9.38. The molecule has 3 rings (SSSR count). The highest BCUT2D eigenvalue weighted by Gasteiger charge is 2.12. The summed E-state index contributed by atoms with van der Waals surface area (Å²) in [6.45, 7) is 2.09. The minimum atomic E-state index is 0.987. The molecule has 3 heterocycles. The molecule has 0 unspecified atom stereocenters. The largest absolute Gasteiger partial charge is 0.360 e. The van der Waals surface area contributed by atoms with Crippen LogP contribution in [0.1, 0.15) is 6.42 Å². The lowest BCUT2D eigenvalue weighted by Gasteiger charge is -2.14. The molecule has 0 radical (unpaired) electrons. The summed E-state index contributed by atoms with van der Waals surface area (Å²) >= 11 is 0. The average molecular weight is 188 g/mol. The molecule has 2 aromatic rings. The molecule has 1 aliphatic heterocycles.